The lowest BCUT2D eigenvalue weighted by Crippen LogP contribution is -2.44. The summed E-state index contributed by atoms with van der Waals surface area (Å²) in [5.41, 5.74) is 0.487. The predicted octanol–water partition coefficient (Wildman–Crippen LogP) is 1.94. The number of carbonyl (C=O) groups is 1. The molecule has 0 aliphatic rings. The second-order valence-electron chi connectivity index (χ2n) is 6.70. The van der Waals surface area contributed by atoms with Crippen molar-refractivity contribution in [2.45, 2.75) is 26.0 Å². The van der Waals surface area contributed by atoms with Gasteiger partial charge < -0.3 is 25.1 Å². The van der Waals surface area contributed by atoms with Crippen LogP contribution in [0.4, 0.5) is 0 Å². The van der Waals surface area contributed by atoms with Crippen molar-refractivity contribution < 1.29 is 14.3 Å². The molecule has 1 aromatic heterocycles. The highest BCUT2D eigenvalue weighted by Gasteiger charge is 2.26. The van der Waals surface area contributed by atoms with Crippen LogP contribution in [0, 0.1) is 0 Å². The Morgan fingerprint density at radius 3 is 2.48 bits per heavy atom. The Balaban J connectivity index is 1.99. The van der Waals surface area contributed by atoms with Gasteiger partial charge in [0.1, 0.15) is 11.4 Å². The maximum absolute atomic E-state index is 11.9. The fourth-order valence-corrected chi connectivity index (χ4v) is 2.45. The Labute approximate surface area is 160 Å². The lowest BCUT2D eigenvalue weighted by atomic mass is 10.0. The van der Waals surface area contributed by atoms with E-state index < -0.39 is 5.60 Å². The van der Waals surface area contributed by atoms with Crippen LogP contribution in [0.15, 0.2) is 52.1 Å². The smallest absolute Gasteiger partial charge is 0.253 e. The molecule has 0 radical (unpaired) electrons. The lowest BCUT2D eigenvalue weighted by molar-refractivity contribution is 0.0386. The van der Waals surface area contributed by atoms with E-state index in [0.717, 1.165) is 5.56 Å². The van der Waals surface area contributed by atoms with Crippen LogP contribution in [0.3, 0.4) is 0 Å². The minimum absolute atomic E-state index is 0.0276. The Morgan fingerprint density at radius 1 is 1.22 bits per heavy atom. The Hall–Kier alpha value is -2.80. The minimum atomic E-state index is -1.14. The summed E-state index contributed by atoms with van der Waals surface area (Å²) in [4.78, 5) is 18.0. The number of carbonyl (C=O) groups excluding carboxylic acids is 1. The number of amides is 1. The van der Waals surface area contributed by atoms with E-state index in [0.29, 0.717) is 30.4 Å². The monoisotopic (exact) mass is 372 g/mol. The van der Waals surface area contributed by atoms with Crippen LogP contribution in [-0.4, -0.2) is 49.1 Å². The molecule has 2 rings (SSSR count). The Kier molecular flexibility index (Phi) is 7.01. The van der Waals surface area contributed by atoms with Crippen LogP contribution < -0.4 is 10.6 Å². The third-order valence-electron chi connectivity index (χ3n) is 4.02. The van der Waals surface area contributed by atoms with Crippen molar-refractivity contribution >= 4 is 11.9 Å². The van der Waals surface area contributed by atoms with E-state index in [1.54, 1.807) is 50.2 Å². The van der Waals surface area contributed by atoms with Gasteiger partial charge >= 0.3 is 0 Å². The lowest BCUT2D eigenvalue weighted by Gasteiger charge is -2.22. The van der Waals surface area contributed by atoms with Crippen LogP contribution in [-0.2, 0) is 12.1 Å². The van der Waals surface area contributed by atoms with Crippen molar-refractivity contribution in [2.24, 2.45) is 4.99 Å². The van der Waals surface area contributed by atoms with Crippen molar-refractivity contribution in [3.8, 4) is 0 Å². The molecule has 7 nitrogen and oxygen atoms in total. The summed E-state index contributed by atoms with van der Waals surface area (Å²) in [5.74, 6) is 1.06. The number of nitrogens with one attached hydrogen (secondary N) is 2. The van der Waals surface area contributed by atoms with Crippen molar-refractivity contribution in [2.75, 3.05) is 27.2 Å². The number of aliphatic hydroxyl groups is 1. The van der Waals surface area contributed by atoms with E-state index in [4.69, 9.17) is 4.42 Å². The zero-order valence-corrected chi connectivity index (χ0v) is 16.3. The number of nitrogens with zero attached hydrogens (tertiary/aromatic N) is 2. The number of guanidine groups is 1. The first-order chi connectivity index (χ1) is 12.8. The van der Waals surface area contributed by atoms with E-state index in [1.165, 1.54) is 6.26 Å². The zero-order valence-electron chi connectivity index (χ0n) is 16.3. The summed E-state index contributed by atoms with van der Waals surface area (Å²) in [5, 5.41) is 16.8. The van der Waals surface area contributed by atoms with E-state index in [-0.39, 0.29) is 12.5 Å². The van der Waals surface area contributed by atoms with Crippen molar-refractivity contribution in [3.05, 3.63) is 59.5 Å². The quantitative estimate of drug-likeness (QED) is 0.510. The minimum Gasteiger partial charge on any atom is -0.466 e. The van der Waals surface area contributed by atoms with Gasteiger partial charge in [-0.25, -0.2) is 4.99 Å². The normalized spacial score (nSPS) is 13.7. The van der Waals surface area contributed by atoms with Crippen LogP contribution in [0.2, 0.25) is 0 Å². The molecule has 1 unspecified atom stereocenters. The highest BCUT2D eigenvalue weighted by atomic mass is 16.4. The molecule has 1 aromatic carbocycles. The van der Waals surface area contributed by atoms with E-state index >= 15 is 0 Å². The number of hydrogen-bond donors (Lipinski definition) is 3. The predicted molar refractivity (Wildman–Crippen MR) is 106 cm³/mol. The summed E-state index contributed by atoms with van der Waals surface area (Å²) in [6.07, 6.45) is 1.54. The van der Waals surface area contributed by atoms with Gasteiger partial charge in [0, 0.05) is 26.2 Å². The molecule has 1 heterocycles. The molecule has 0 bridgehead atoms. The number of hydrogen-bond acceptors (Lipinski definition) is 4. The third kappa shape index (κ3) is 5.86. The number of furan rings is 1. The van der Waals surface area contributed by atoms with Crippen molar-refractivity contribution in [1.82, 2.24) is 15.5 Å². The molecule has 3 N–H and O–H groups in total. The topological polar surface area (TPSA) is 90.1 Å². The van der Waals surface area contributed by atoms with Gasteiger partial charge in [-0.1, -0.05) is 12.1 Å². The summed E-state index contributed by atoms with van der Waals surface area (Å²) in [7, 11) is 3.46. The number of benzene rings is 1. The van der Waals surface area contributed by atoms with E-state index in [1.807, 2.05) is 19.1 Å². The van der Waals surface area contributed by atoms with Gasteiger partial charge in [-0.3, -0.25) is 4.79 Å². The van der Waals surface area contributed by atoms with Crippen LogP contribution >= 0.6 is 0 Å². The van der Waals surface area contributed by atoms with Gasteiger partial charge in [0.25, 0.3) is 5.91 Å². The maximum atomic E-state index is 11.9. The van der Waals surface area contributed by atoms with Crippen LogP contribution in [0.25, 0.3) is 0 Å². The molecule has 0 saturated carbocycles. The first-order valence-corrected chi connectivity index (χ1v) is 8.92. The molecule has 1 amide bonds. The average molecular weight is 372 g/mol. The molecule has 1 atom stereocenters. The average Bonchev–Trinajstić information content (AvgIpc) is 3.19. The number of rotatable bonds is 7. The van der Waals surface area contributed by atoms with Gasteiger partial charge in [0.05, 0.1) is 19.4 Å². The Morgan fingerprint density at radius 2 is 1.93 bits per heavy atom. The van der Waals surface area contributed by atoms with Crippen molar-refractivity contribution in [1.29, 1.82) is 0 Å². The summed E-state index contributed by atoms with van der Waals surface area (Å²) < 4.78 is 5.29. The van der Waals surface area contributed by atoms with Gasteiger partial charge in [-0.2, -0.15) is 0 Å². The maximum Gasteiger partial charge on any atom is 0.253 e. The molecule has 0 aliphatic heterocycles. The van der Waals surface area contributed by atoms with Gasteiger partial charge in [-0.15, -0.1) is 0 Å². The van der Waals surface area contributed by atoms with Crippen molar-refractivity contribution in [3.63, 3.8) is 0 Å². The zero-order chi connectivity index (χ0) is 19.9. The SMILES string of the molecule is CCNC(=NCc1ccc(C(=O)N(C)C)cc1)NCC(C)(O)c1ccco1. The molecule has 2 aromatic rings. The number of aliphatic imine (C=N–C) groups is 1. The van der Waals surface area contributed by atoms with Crippen LogP contribution in [0.5, 0.6) is 0 Å². The molecule has 0 spiro atoms. The first-order valence-electron chi connectivity index (χ1n) is 8.92. The largest absolute Gasteiger partial charge is 0.466 e. The van der Waals surface area contributed by atoms with Gasteiger partial charge in [-0.05, 0) is 43.7 Å². The summed E-state index contributed by atoms with van der Waals surface area (Å²) in [6, 6.07) is 10.9. The first kappa shape index (κ1) is 20.5. The van der Waals surface area contributed by atoms with Gasteiger partial charge in [0.15, 0.2) is 5.96 Å². The third-order valence-corrected chi connectivity index (χ3v) is 4.02. The second kappa shape index (κ2) is 9.23. The Bertz CT molecular complexity index is 750. The molecule has 146 valence electrons. The molecular formula is C20H28N4O3. The van der Waals surface area contributed by atoms with Crippen LogP contribution in [0.1, 0.15) is 35.5 Å². The molecular weight excluding hydrogens is 344 g/mol. The highest BCUT2D eigenvalue weighted by Crippen LogP contribution is 2.19. The molecule has 0 fully saturated rings. The summed E-state index contributed by atoms with van der Waals surface area (Å²) in [6.45, 7) is 5.06. The highest BCUT2D eigenvalue weighted by molar-refractivity contribution is 5.93. The van der Waals surface area contributed by atoms with Gasteiger partial charge in [0.2, 0.25) is 0 Å². The molecule has 0 aliphatic carbocycles. The fourth-order valence-electron chi connectivity index (χ4n) is 2.45. The summed E-state index contributed by atoms with van der Waals surface area (Å²) >= 11 is 0. The second-order valence-corrected chi connectivity index (χ2v) is 6.70. The van der Waals surface area contributed by atoms with E-state index in [9.17, 15) is 9.90 Å². The molecule has 7 heteroatoms. The fraction of sp³-hybridized carbons (Fsp3) is 0.400. The molecule has 0 saturated heterocycles. The van der Waals surface area contributed by atoms with E-state index in [2.05, 4.69) is 15.6 Å². The standard InChI is InChI=1S/C20H28N4O3/c1-5-21-19(23-14-20(2,26)17-7-6-12-27-17)22-13-15-8-10-16(11-9-15)18(25)24(3)4/h6-12,26H,5,13-14H2,1-4H3,(H2,21,22,23). The molecule has 27 heavy (non-hydrogen) atoms.